The zero-order valence-corrected chi connectivity index (χ0v) is 12.6. The summed E-state index contributed by atoms with van der Waals surface area (Å²) >= 11 is 0. The van der Waals surface area contributed by atoms with Crippen LogP contribution in [-0.4, -0.2) is 18.9 Å². The summed E-state index contributed by atoms with van der Waals surface area (Å²) < 4.78 is 19.6. The molecule has 1 aromatic rings. The molecule has 1 saturated carbocycles. The van der Waals surface area contributed by atoms with E-state index in [1.165, 1.54) is 44.4 Å². The van der Waals surface area contributed by atoms with Gasteiger partial charge in [-0.2, -0.15) is 5.10 Å². The topological polar surface area (TPSA) is 76.7 Å². The molecule has 2 rings (SSSR count). The summed E-state index contributed by atoms with van der Waals surface area (Å²) in [4.78, 5) is 10.5. The summed E-state index contributed by atoms with van der Waals surface area (Å²) in [5, 5.41) is 3.59. The van der Waals surface area contributed by atoms with E-state index in [9.17, 15) is 9.18 Å². The van der Waals surface area contributed by atoms with Crippen molar-refractivity contribution in [2.45, 2.75) is 38.7 Å². The number of hydrogen-bond donors (Lipinski definition) is 2. The van der Waals surface area contributed by atoms with Crippen LogP contribution in [0, 0.1) is 11.7 Å². The summed E-state index contributed by atoms with van der Waals surface area (Å²) in [6.07, 6.45) is 7.63. The summed E-state index contributed by atoms with van der Waals surface area (Å²) in [5.74, 6) is 0.273. The Kier molecular flexibility index (Phi) is 6.33. The van der Waals surface area contributed by atoms with Crippen LogP contribution in [0.25, 0.3) is 0 Å². The Morgan fingerprint density at radius 3 is 2.86 bits per heavy atom. The Morgan fingerprint density at radius 2 is 2.18 bits per heavy atom. The number of rotatable bonds is 6. The van der Waals surface area contributed by atoms with Gasteiger partial charge in [-0.1, -0.05) is 31.4 Å². The third kappa shape index (κ3) is 5.44. The summed E-state index contributed by atoms with van der Waals surface area (Å²) in [5.41, 5.74) is 8.00. The molecule has 1 aliphatic carbocycles. The predicted octanol–water partition coefficient (Wildman–Crippen LogP) is 2.92. The van der Waals surface area contributed by atoms with E-state index in [1.807, 2.05) is 0 Å². The number of halogens is 1. The van der Waals surface area contributed by atoms with E-state index in [0.717, 1.165) is 0 Å². The van der Waals surface area contributed by atoms with Gasteiger partial charge in [0.2, 0.25) is 0 Å². The Hall–Kier alpha value is -1.95. The molecule has 0 saturated heterocycles. The van der Waals surface area contributed by atoms with Crippen molar-refractivity contribution in [3.8, 4) is 0 Å². The molecule has 0 spiro atoms. The molecule has 5 nitrogen and oxygen atoms in total. The SMILES string of the molecule is NC(=O)NN=Cc1ccc(COCC2CCCCC2)c(F)c1. The summed E-state index contributed by atoms with van der Waals surface area (Å²) in [7, 11) is 0. The summed E-state index contributed by atoms with van der Waals surface area (Å²) in [6.45, 7) is 0.977. The van der Waals surface area contributed by atoms with Crippen molar-refractivity contribution < 1.29 is 13.9 Å². The van der Waals surface area contributed by atoms with Crippen LogP contribution in [0.2, 0.25) is 0 Å². The van der Waals surface area contributed by atoms with Crippen LogP contribution in [0.1, 0.15) is 43.2 Å². The number of hydrazone groups is 1. The van der Waals surface area contributed by atoms with Crippen molar-refractivity contribution in [2.75, 3.05) is 6.61 Å². The fourth-order valence-electron chi connectivity index (χ4n) is 2.62. The number of nitrogens with one attached hydrogen (secondary N) is 1. The number of carbonyl (C=O) groups is 1. The highest BCUT2D eigenvalue weighted by molar-refractivity contribution is 5.81. The van der Waals surface area contributed by atoms with E-state index in [2.05, 4.69) is 10.5 Å². The van der Waals surface area contributed by atoms with Gasteiger partial charge < -0.3 is 10.5 Å². The van der Waals surface area contributed by atoms with E-state index in [0.29, 0.717) is 23.7 Å². The molecule has 0 aliphatic heterocycles. The normalized spacial score (nSPS) is 16.0. The van der Waals surface area contributed by atoms with Crippen molar-refractivity contribution in [3.63, 3.8) is 0 Å². The highest BCUT2D eigenvalue weighted by Crippen LogP contribution is 2.24. The quantitative estimate of drug-likeness (QED) is 0.626. The van der Waals surface area contributed by atoms with Crippen molar-refractivity contribution >= 4 is 12.2 Å². The number of urea groups is 1. The van der Waals surface area contributed by atoms with Gasteiger partial charge >= 0.3 is 6.03 Å². The number of nitrogens with zero attached hydrogens (tertiary/aromatic N) is 1. The predicted molar refractivity (Wildman–Crippen MR) is 82.9 cm³/mol. The lowest BCUT2D eigenvalue weighted by atomic mass is 9.90. The Balaban J connectivity index is 1.81. The molecule has 1 aliphatic rings. The van der Waals surface area contributed by atoms with Crippen LogP contribution in [0.5, 0.6) is 0 Å². The molecular weight excluding hydrogens is 285 g/mol. The molecule has 3 N–H and O–H groups in total. The molecule has 2 amide bonds. The third-order valence-corrected chi connectivity index (χ3v) is 3.80. The van der Waals surface area contributed by atoms with Gasteiger partial charge in [-0.05, 0) is 30.4 Å². The van der Waals surface area contributed by atoms with E-state index in [-0.39, 0.29) is 12.4 Å². The largest absolute Gasteiger partial charge is 0.376 e. The average Bonchev–Trinajstić information content (AvgIpc) is 2.50. The van der Waals surface area contributed by atoms with Gasteiger partial charge in [0.1, 0.15) is 5.82 Å². The Morgan fingerprint density at radius 1 is 1.41 bits per heavy atom. The van der Waals surface area contributed by atoms with E-state index < -0.39 is 6.03 Å². The van der Waals surface area contributed by atoms with Crippen LogP contribution in [0.4, 0.5) is 9.18 Å². The van der Waals surface area contributed by atoms with Crippen LogP contribution in [-0.2, 0) is 11.3 Å². The van der Waals surface area contributed by atoms with Crippen LogP contribution in [0.15, 0.2) is 23.3 Å². The van der Waals surface area contributed by atoms with Crippen LogP contribution in [0.3, 0.4) is 0 Å². The van der Waals surface area contributed by atoms with Gasteiger partial charge in [0, 0.05) is 12.2 Å². The number of ether oxygens (including phenoxy) is 1. The van der Waals surface area contributed by atoms with Gasteiger partial charge in [-0.15, -0.1) is 0 Å². The first kappa shape index (κ1) is 16.4. The number of hydrogen-bond acceptors (Lipinski definition) is 3. The second kappa shape index (κ2) is 8.48. The minimum Gasteiger partial charge on any atom is -0.376 e. The second-order valence-electron chi connectivity index (χ2n) is 5.60. The second-order valence-corrected chi connectivity index (χ2v) is 5.60. The number of amides is 2. The zero-order chi connectivity index (χ0) is 15.8. The maximum absolute atomic E-state index is 13.9. The zero-order valence-electron chi connectivity index (χ0n) is 12.6. The van der Waals surface area contributed by atoms with Gasteiger partial charge in [-0.3, -0.25) is 0 Å². The molecular formula is C16H22FN3O2. The maximum Gasteiger partial charge on any atom is 0.332 e. The van der Waals surface area contributed by atoms with Gasteiger partial charge in [0.05, 0.1) is 12.8 Å². The number of carbonyl (C=O) groups excluding carboxylic acids is 1. The molecule has 1 fully saturated rings. The monoisotopic (exact) mass is 307 g/mol. The first-order valence-corrected chi connectivity index (χ1v) is 7.60. The van der Waals surface area contributed by atoms with Crippen LogP contribution >= 0.6 is 0 Å². The van der Waals surface area contributed by atoms with E-state index >= 15 is 0 Å². The summed E-state index contributed by atoms with van der Waals surface area (Å²) in [6, 6.07) is 3.98. The Bertz CT molecular complexity index is 528. The first-order valence-electron chi connectivity index (χ1n) is 7.60. The molecule has 0 atom stereocenters. The molecule has 0 radical (unpaired) electrons. The smallest absolute Gasteiger partial charge is 0.332 e. The standard InChI is InChI=1S/C16H22FN3O2/c17-15-8-13(9-19-20-16(18)21)6-7-14(15)11-22-10-12-4-2-1-3-5-12/h6-9,12H,1-5,10-11H2,(H3,18,20,21). The lowest BCUT2D eigenvalue weighted by Gasteiger charge is -2.21. The highest BCUT2D eigenvalue weighted by Gasteiger charge is 2.13. The fraction of sp³-hybridized carbons (Fsp3) is 0.500. The molecule has 0 unspecified atom stereocenters. The van der Waals surface area contributed by atoms with E-state index in [4.69, 9.17) is 10.5 Å². The molecule has 120 valence electrons. The van der Waals surface area contributed by atoms with E-state index in [1.54, 1.807) is 12.1 Å². The molecule has 0 bridgehead atoms. The van der Waals surface area contributed by atoms with Gasteiger partial charge in [-0.25, -0.2) is 14.6 Å². The lowest BCUT2D eigenvalue weighted by molar-refractivity contribution is 0.0723. The van der Waals surface area contributed by atoms with Gasteiger partial charge in [0.25, 0.3) is 0 Å². The molecule has 0 aromatic heterocycles. The number of nitrogens with two attached hydrogens (primary N) is 1. The maximum atomic E-state index is 13.9. The fourth-order valence-corrected chi connectivity index (χ4v) is 2.62. The van der Waals surface area contributed by atoms with Crippen LogP contribution < -0.4 is 11.2 Å². The molecule has 1 aromatic carbocycles. The molecule has 22 heavy (non-hydrogen) atoms. The third-order valence-electron chi connectivity index (χ3n) is 3.80. The molecule has 6 heteroatoms. The van der Waals surface area contributed by atoms with Crippen molar-refractivity contribution in [1.29, 1.82) is 0 Å². The number of primary amides is 1. The highest BCUT2D eigenvalue weighted by atomic mass is 19.1. The minimum atomic E-state index is -0.760. The minimum absolute atomic E-state index is 0.277. The van der Waals surface area contributed by atoms with Crippen molar-refractivity contribution in [3.05, 3.63) is 35.1 Å². The van der Waals surface area contributed by atoms with Crippen molar-refractivity contribution in [1.82, 2.24) is 5.43 Å². The first-order chi connectivity index (χ1) is 10.6. The number of benzene rings is 1. The average molecular weight is 307 g/mol. The van der Waals surface area contributed by atoms with Crippen molar-refractivity contribution in [2.24, 2.45) is 16.8 Å². The lowest BCUT2D eigenvalue weighted by Crippen LogP contribution is -2.24. The Labute approximate surface area is 129 Å². The van der Waals surface area contributed by atoms with Gasteiger partial charge in [0.15, 0.2) is 0 Å². The molecule has 0 heterocycles.